The summed E-state index contributed by atoms with van der Waals surface area (Å²) in [4.78, 5) is 6.28. The van der Waals surface area contributed by atoms with Crippen molar-refractivity contribution in [3.05, 3.63) is 29.6 Å². The zero-order valence-corrected chi connectivity index (χ0v) is 10.8. The van der Waals surface area contributed by atoms with E-state index in [1.54, 1.807) is 12.3 Å². The lowest BCUT2D eigenvalue weighted by Gasteiger charge is -2.26. The van der Waals surface area contributed by atoms with Crippen LogP contribution >= 0.6 is 0 Å². The van der Waals surface area contributed by atoms with Crippen molar-refractivity contribution in [1.82, 2.24) is 9.88 Å². The molecule has 1 fully saturated rings. The van der Waals surface area contributed by atoms with Gasteiger partial charge in [0, 0.05) is 48.1 Å². The van der Waals surface area contributed by atoms with Gasteiger partial charge in [-0.05, 0) is 17.7 Å². The number of hydrogen-bond donors (Lipinski definition) is 2. The molecule has 0 bridgehead atoms. The van der Waals surface area contributed by atoms with Crippen LogP contribution in [0.15, 0.2) is 23.5 Å². The van der Waals surface area contributed by atoms with Crippen LogP contribution in [0, 0.1) is 0 Å². The van der Waals surface area contributed by atoms with Gasteiger partial charge in [0.05, 0.1) is 0 Å². The van der Waals surface area contributed by atoms with Crippen LogP contribution in [0.25, 0.3) is 0 Å². The SMILES string of the molecule is NC(=NO)c1cc(CN2CCS(=O)CC2)ccn1. The number of rotatable bonds is 3. The normalized spacial score (nSPS) is 19.0. The third-order valence-electron chi connectivity index (χ3n) is 2.87. The smallest absolute Gasteiger partial charge is 0.188 e. The zero-order chi connectivity index (χ0) is 13.0. The fraction of sp³-hybridized carbons (Fsp3) is 0.455. The molecule has 0 radical (unpaired) electrons. The minimum absolute atomic E-state index is 0.0107. The molecular formula is C11H16N4O2S. The molecule has 1 aliphatic rings. The molecule has 1 aromatic rings. The molecular weight excluding hydrogens is 252 g/mol. The van der Waals surface area contributed by atoms with Crippen LogP contribution < -0.4 is 5.73 Å². The number of nitrogens with zero attached hydrogens (tertiary/aromatic N) is 3. The Morgan fingerprint density at radius 3 is 2.94 bits per heavy atom. The van der Waals surface area contributed by atoms with E-state index in [0.29, 0.717) is 5.69 Å². The highest BCUT2D eigenvalue weighted by molar-refractivity contribution is 7.85. The second-order valence-corrected chi connectivity index (χ2v) is 5.85. The van der Waals surface area contributed by atoms with E-state index in [-0.39, 0.29) is 5.84 Å². The standard InChI is InChI=1S/C11H16N4O2S/c12-11(14-16)10-7-9(1-2-13-10)8-15-3-5-18(17)6-4-15/h1-2,7,16H,3-6,8H2,(H2,12,14). The lowest BCUT2D eigenvalue weighted by Crippen LogP contribution is -2.37. The Morgan fingerprint density at radius 2 is 2.28 bits per heavy atom. The van der Waals surface area contributed by atoms with E-state index >= 15 is 0 Å². The van der Waals surface area contributed by atoms with Gasteiger partial charge >= 0.3 is 0 Å². The second kappa shape index (κ2) is 5.92. The van der Waals surface area contributed by atoms with Crippen LogP contribution in [0.1, 0.15) is 11.3 Å². The van der Waals surface area contributed by atoms with Crippen molar-refractivity contribution in [1.29, 1.82) is 0 Å². The molecule has 2 heterocycles. The van der Waals surface area contributed by atoms with Crippen LogP contribution in [-0.2, 0) is 17.3 Å². The largest absolute Gasteiger partial charge is 0.409 e. The first kappa shape index (κ1) is 13.0. The Morgan fingerprint density at radius 1 is 1.56 bits per heavy atom. The Balaban J connectivity index is 2.03. The number of oxime groups is 1. The van der Waals surface area contributed by atoms with Gasteiger partial charge in [-0.1, -0.05) is 5.16 Å². The average Bonchev–Trinajstić information content (AvgIpc) is 2.41. The first-order valence-electron chi connectivity index (χ1n) is 5.69. The summed E-state index contributed by atoms with van der Waals surface area (Å²) in [5, 5.41) is 11.5. The molecule has 0 spiro atoms. The summed E-state index contributed by atoms with van der Waals surface area (Å²) in [7, 11) is -0.658. The summed E-state index contributed by atoms with van der Waals surface area (Å²) in [5.74, 6) is 1.48. The molecule has 18 heavy (non-hydrogen) atoms. The average molecular weight is 268 g/mol. The molecule has 0 amide bonds. The van der Waals surface area contributed by atoms with E-state index in [9.17, 15) is 4.21 Å². The monoisotopic (exact) mass is 268 g/mol. The van der Waals surface area contributed by atoms with Gasteiger partial charge in [-0.25, -0.2) is 0 Å². The van der Waals surface area contributed by atoms with Gasteiger partial charge in [-0.3, -0.25) is 14.1 Å². The number of hydrogen-bond acceptors (Lipinski definition) is 5. The highest BCUT2D eigenvalue weighted by Gasteiger charge is 2.15. The minimum Gasteiger partial charge on any atom is -0.409 e. The van der Waals surface area contributed by atoms with Crippen LogP contribution in [0.3, 0.4) is 0 Å². The topological polar surface area (TPSA) is 91.8 Å². The molecule has 0 saturated carbocycles. The van der Waals surface area contributed by atoms with Gasteiger partial charge in [-0.2, -0.15) is 0 Å². The van der Waals surface area contributed by atoms with Gasteiger partial charge < -0.3 is 10.9 Å². The molecule has 1 aromatic heterocycles. The van der Waals surface area contributed by atoms with Crippen LogP contribution in [-0.4, -0.2) is 49.7 Å². The molecule has 1 saturated heterocycles. The van der Waals surface area contributed by atoms with E-state index in [2.05, 4.69) is 15.0 Å². The van der Waals surface area contributed by atoms with E-state index < -0.39 is 10.8 Å². The summed E-state index contributed by atoms with van der Waals surface area (Å²) in [6, 6.07) is 3.71. The molecule has 0 aromatic carbocycles. The number of nitrogens with two attached hydrogens (primary N) is 1. The van der Waals surface area contributed by atoms with Gasteiger partial charge in [0.15, 0.2) is 5.84 Å². The first-order chi connectivity index (χ1) is 8.69. The molecule has 7 heteroatoms. The van der Waals surface area contributed by atoms with Crippen LogP contribution in [0.5, 0.6) is 0 Å². The van der Waals surface area contributed by atoms with Crippen molar-refractivity contribution >= 4 is 16.6 Å². The van der Waals surface area contributed by atoms with Crippen molar-refractivity contribution in [2.24, 2.45) is 10.9 Å². The molecule has 98 valence electrons. The van der Waals surface area contributed by atoms with Crippen LogP contribution in [0.2, 0.25) is 0 Å². The quantitative estimate of drug-likeness (QED) is 0.341. The van der Waals surface area contributed by atoms with Crippen LogP contribution in [0.4, 0.5) is 0 Å². The fourth-order valence-corrected chi connectivity index (χ4v) is 2.98. The molecule has 0 unspecified atom stereocenters. The molecule has 0 aliphatic carbocycles. The maximum absolute atomic E-state index is 11.3. The summed E-state index contributed by atoms with van der Waals surface area (Å²) in [6.07, 6.45) is 1.64. The highest BCUT2D eigenvalue weighted by Crippen LogP contribution is 2.09. The highest BCUT2D eigenvalue weighted by atomic mass is 32.2. The molecule has 1 aliphatic heterocycles. The summed E-state index contributed by atoms with van der Waals surface area (Å²) < 4.78 is 11.3. The van der Waals surface area contributed by atoms with E-state index in [4.69, 9.17) is 10.9 Å². The lowest BCUT2D eigenvalue weighted by molar-refractivity contribution is 0.291. The Hall–Kier alpha value is -1.47. The van der Waals surface area contributed by atoms with Gasteiger partial charge in [-0.15, -0.1) is 0 Å². The number of pyridine rings is 1. The van der Waals surface area contributed by atoms with Gasteiger partial charge in [0.1, 0.15) is 5.69 Å². The minimum atomic E-state index is -0.658. The third kappa shape index (κ3) is 3.27. The summed E-state index contributed by atoms with van der Waals surface area (Å²) in [5.41, 5.74) is 7.02. The molecule has 0 atom stereocenters. The second-order valence-electron chi connectivity index (χ2n) is 4.16. The maximum Gasteiger partial charge on any atom is 0.188 e. The van der Waals surface area contributed by atoms with Crippen molar-refractivity contribution in [2.75, 3.05) is 24.6 Å². The predicted octanol–water partition coefficient (Wildman–Crippen LogP) is -0.260. The maximum atomic E-state index is 11.3. The third-order valence-corrected chi connectivity index (χ3v) is 4.15. The zero-order valence-electron chi connectivity index (χ0n) is 9.95. The fourth-order valence-electron chi connectivity index (χ4n) is 1.86. The van der Waals surface area contributed by atoms with Crippen molar-refractivity contribution in [3.63, 3.8) is 0 Å². The van der Waals surface area contributed by atoms with Gasteiger partial charge in [0.2, 0.25) is 0 Å². The van der Waals surface area contributed by atoms with Gasteiger partial charge in [0.25, 0.3) is 0 Å². The Kier molecular flexibility index (Phi) is 4.27. The summed E-state index contributed by atoms with van der Waals surface area (Å²) in [6.45, 7) is 2.45. The summed E-state index contributed by atoms with van der Waals surface area (Å²) >= 11 is 0. The molecule has 6 nitrogen and oxygen atoms in total. The lowest BCUT2D eigenvalue weighted by atomic mass is 10.2. The number of aromatic nitrogens is 1. The predicted molar refractivity (Wildman–Crippen MR) is 69.9 cm³/mol. The Labute approximate surface area is 108 Å². The molecule has 2 rings (SSSR count). The molecule has 3 N–H and O–H groups in total. The van der Waals surface area contributed by atoms with Crippen molar-refractivity contribution in [3.8, 4) is 0 Å². The van der Waals surface area contributed by atoms with Crippen molar-refractivity contribution < 1.29 is 9.42 Å². The van der Waals surface area contributed by atoms with E-state index in [1.165, 1.54) is 0 Å². The first-order valence-corrected chi connectivity index (χ1v) is 7.18. The Bertz CT molecular complexity index is 468. The van der Waals surface area contributed by atoms with E-state index in [0.717, 1.165) is 36.7 Å². The van der Waals surface area contributed by atoms with E-state index in [1.807, 2.05) is 6.07 Å². The number of amidine groups is 1. The van der Waals surface area contributed by atoms with Crippen molar-refractivity contribution in [2.45, 2.75) is 6.54 Å².